The number of hydrogen-bond donors (Lipinski definition) is 2. The van der Waals surface area contributed by atoms with Gasteiger partial charge in [-0.15, -0.1) is 0 Å². The van der Waals surface area contributed by atoms with Gasteiger partial charge in [-0.2, -0.15) is 0 Å². The molecule has 2 rings (SSSR count). The molecule has 0 aliphatic carbocycles. The molecule has 0 fully saturated rings. The molecule has 20 heavy (non-hydrogen) atoms. The number of nitrogens with one attached hydrogen (secondary N) is 1. The highest BCUT2D eigenvalue weighted by Gasteiger charge is 2.12. The molecular formula is C16H17BrN2O. The fourth-order valence-corrected chi connectivity index (χ4v) is 2.60. The molecule has 2 aromatic carbocycles. The molecule has 1 amide bonds. The lowest BCUT2D eigenvalue weighted by Crippen LogP contribution is -2.14. The van der Waals surface area contributed by atoms with E-state index in [9.17, 15) is 4.79 Å². The van der Waals surface area contributed by atoms with E-state index in [0.29, 0.717) is 16.9 Å². The number of rotatable bonds is 2. The van der Waals surface area contributed by atoms with Crippen LogP contribution in [-0.4, -0.2) is 5.91 Å². The van der Waals surface area contributed by atoms with Crippen LogP contribution in [0.3, 0.4) is 0 Å². The quantitative estimate of drug-likeness (QED) is 0.809. The Labute approximate surface area is 127 Å². The number of benzene rings is 2. The number of halogens is 1. The SMILES string of the molecule is Cc1ccc(C(=O)Nc2cc(N)c(C)cc2Br)c(C)c1. The van der Waals surface area contributed by atoms with Crippen molar-refractivity contribution in [3.8, 4) is 0 Å². The maximum Gasteiger partial charge on any atom is 0.255 e. The zero-order chi connectivity index (χ0) is 14.9. The van der Waals surface area contributed by atoms with Crippen LogP contribution in [0.15, 0.2) is 34.8 Å². The minimum atomic E-state index is -0.133. The van der Waals surface area contributed by atoms with Crippen LogP contribution in [-0.2, 0) is 0 Å². The van der Waals surface area contributed by atoms with E-state index in [-0.39, 0.29) is 5.91 Å². The highest BCUT2D eigenvalue weighted by Crippen LogP contribution is 2.28. The Morgan fingerprint density at radius 3 is 2.45 bits per heavy atom. The topological polar surface area (TPSA) is 55.1 Å². The number of amides is 1. The average Bonchev–Trinajstić information content (AvgIpc) is 2.35. The molecule has 3 N–H and O–H groups in total. The minimum absolute atomic E-state index is 0.133. The van der Waals surface area contributed by atoms with Crippen LogP contribution < -0.4 is 11.1 Å². The van der Waals surface area contributed by atoms with Crippen LogP contribution in [0.4, 0.5) is 11.4 Å². The number of aryl methyl sites for hydroxylation is 3. The summed E-state index contributed by atoms with van der Waals surface area (Å²) in [6, 6.07) is 9.42. The highest BCUT2D eigenvalue weighted by atomic mass is 79.9. The lowest BCUT2D eigenvalue weighted by molar-refractivity contribution is 0.102. The van der Waals surface area contributed by atoms with Crippen LogP contribution in [0, 0.1) is 20.8 Å². The molecule has 104 valence electrons. The molecular weight excluding hydrogens is 316 g/mol. The lowest BCUT2D eigenvalue weighted by Gasteiger charge is -2.12. The summed E-state index contributed by atoms with van der Waals surface area (Å²) >= 11 is 3.44. The summed E-state index contributed by atoms with van der Waals surface area (Å²) in [4.78, 5) is 12.3. The molecule has 0 spiro atoms. The molecule has 0 radical (unpaired) electrons. The Morgan fingerprint density at radius 2 is 1.80 bits per heavy atom. The van der Waals surface area contributed by atoms with Gasteiger partial charge in [-0.25, -0.2) is 0 Å². The third-order valence-electron chi connectivity index (χ3n) is 3.23. The molecule has 4 heteroatoms. The van der Waals surface area contributed by atoms with Gasteiger partial charge in [-0.3, -0.25) is 4.79 Å². The summed E-state index contributed by atoms with van der Waals surface area (Å²) in [5.74, 6) is -0.133. The molecule has 2 aromatic rings. The van der Waals surface area contributed by atoms with Crippen LogP contribution >= 0.6 is 15.9 Å². The van der Waals surface area contributed by atoms with Gasteiger partial charge in [0.15, 0.2) is 0 Å². The van der Waals surface area contributed by atoms with E-state index in [0.717, 1.165) is 21.2 Å². The van der Waals surface area contributed by atoms with Crippen molar-refractivity contribution in [2.24, 2.45) is 0 Å². The Morgan fingerprint density at radius 1 is 1.10 bits per heavy atom. The van der Waals surface area contributed by atoms with Gasteiger partial charge in [0.2, 0.25) is 0 Å². The van der Waals surface area contributed by atoms with Crippen molar-refractivity contribution in [3.05, 3.63) is 57.1 Å². The number of carbonyl (C=O) groups excluding carboxylic acids is 1. The maximum absolute atomic E-state index is 12.3. The molecule has 0 unspecified atom stereocenters. The fourth-order valence-electron chi connectivity index (χ4n) is 2.04. The van der Waals surface area contributed by atoms with E-state index in [4.69, 9.17) is 5.73 Å². The maximum atomic E-state index is 12.3. The number of hydrogen-bond acceptors (Lipinski definition) is 2. The van der Waals surface area contributed by atoms with Crippen molar-refractivity contribution in [3.63, 3.8) is 0 Å². The molecule has 0 atom stereocenters. The molecule has 0 aliphatic heterocycles. The number of nitrogen functional groups attached to an aromatic ring is 1. The minimum Gasteiger partial charge on any atom is -0.398 e. The zero-order valence-electron chi connectivity index (χ0n) is 11.8. The Bertz CT molecular complexity index is 680. The number of anilines is 2. The van der Waals surface area contributed by atoms with Gasteiger partial charge in [0, 0.05) is 15.7 Å². The Hall–Kier alpha value is -1.81. The Kier molecular flexibility index (Phi) is 4.14. The van der Waals surface area contributed by atoms with Gasteiger partial charge in [0.1, 0.15) is 0 Å². The Balaban J connectivity index is 2.30. The fraction of sp³-hybridized carbons (Fsp3) is 0.188. The predicted molar refractivity (Wildman–Crippen MR) is 87.2 cm³/mol. The molecule has 0 bridgehead atoms. The second kappa shape index (κ2) is 5.67. The molecule has 0 aromatic heterocycles. The van der Waals surface area contributed by atoms with E-state index in [1.165, 1.54) is 0 Å². The molecule has 3 nitrogen and oxygen atoms in total. The van der Waals surface area contributed by atoms with E-state index >= 15 is 0 Å². The second-order valence-corrected chi connectivity index (χ2v) is 5.82. The van der Waals surface area contributed by atoms with E-state index in [1.54, 1.807) is 6.07 Å². The van der Waals surface area contributed by atoms with Crippen LogP contribution in [0.5, 0.6) is 0 Å². The third-order valence-corrected chi connectivity index (χ3v) is 3.89. The average molecular weight is 333 g/mol. The van der Waals surface area contributed by atoms with Crippen LogP contribution in [0.2, 0.25) is 0 Å². The second-order valence-electron chi connectivity index (χ2n) is 4.96. The molecule has 0 saturated heterocycles. The predicted octanol–water partition coefficient (Wildman–Crippen LogP) is 4.21. The van der Waals surface area contributed by atoms with E-state index in [2.05, 4.69) is 21.2 Å². The van der Waals surface area contributed by atoms with E-state index in [1.807, 2.05) is 45.0 Å². The van der Waals surface area contributed by atoms with Gasteiger partial charge in [-0.05, 0) is 66.0 Å². The van der Waals surface area contributed by atoms with Crippen molar-refractivity contribution >= 4 is 33.2 Å². The first-order chi connectivity index (χ1) is 9.38. The first-order valence-corrected chi connectivity index (χ1v) is 7.12. The zero-order valence-corrected chi connectivity index (χ0v) is 13.3. The van der Waals surface area contributed by atoms with Gasteiger partial charge in [-0.1, -0.05) is 17.7 Å². The van der Waals surface area contributed by atoms with Crippen molar-refractivity contribution in [1.29, 1.82) is 0 Å². The summed E-state index contributed by atoms with van der Waals surface area (Å²) in [7, 11) is 0. The van der Waals surface area contributed by atoms with Crippen LogP contribution in [0.25, 0.3) is 0 Å². The summed E-state index contributed by atoms with van der Waals surface area (Å²) in [5, 5.41) is 2.89. The van der Waals surface area contributed by atoms with E-state index < -0.39 is 0 Å². The molecule has 0 aliphatic rings. The normalized spacial score (nSPS) is 10.4. The van der Waals surface area contributed by atoms with Crippen molar-refractivity contribution in [2.75, 3.05) is 11.1 Å². The van der Waals surface area contributed by atoms with Crippen LogP contribution in [0.1, 0.15) is 27.0 Å². The first kappa shape index (κ1) is 14.6. The summed E-state index contributed by atoms with van der Waals surface area (Å²) < 4.78 is 0.822. The van der Waals surface area contributed by atoms with Gasteiger partial charge >= 0.3 is 0 Å². The monoisotopic (exact) mass is 332 g/mol. The lowest BCUT2D eigenvalue weighted by atomic mass is 10.1. The summed E-state index contributed by atoms with van der Waals surface area (Å²) in [6.45, 7) is 5.86. The summed E-state index contributed by atoms with van der Waals surface area (Å²) in [6.07, 6.45) is 0. The molecule has 0 saturated carbocycles. The number of nitrogens with two attached hydrogens (primary N) is 1. The standard InChI is InChI=1S/C16H17BrN2O/c1-9-4-5-12(10(2)6-9)16(20)19-15-8-14(18)11(3)7-13(15)17/h4-8H,18H2,1-3H3,(H,19,20). The van der Waals surface area contributed by atoms with Gasteiger partial charge < -0.3 is 11.1 Å². The van der Waals surface area contributed by atoms with Crippen molar-refractivity contribution in [2.45, 2.75) is 20.8 Å². The van der Waals surface area contributed by atoms with Gasteiger partial charge in [0.25, 0.3) is 5.91 Å². The molecule has 0 heterocycles. The highest BCUT2D eigenvalue weighted by molar-refractivity contribution is 9.10. The third kappa shape index (κ3) is 3.02. The number of carbonyl (C=O) groups is 1. The first-order valence-electron chi connectivity index (χ1n) is 6.32. The largest absolute Gasteiger partial charge is 0.398 e. The van der Waals surface area contributed by atoms with Crippen molar-refractivity contribution < 1.29 is 4.79 Å². The smallest absolute Gasteiger partial charge is 0.255 e. The summed E-state index contributed by atoms with van der Waals surface area (Å²) in [5.41, 5.74) is 11.0. The van der Waals surface area contributed by atoms with Crippen molar-refractivity contribution in [1.82, 2.24) is 0 Å². The van der Waals surface area contributed by atoms with Gasteiger partial charge in [0.05, 0.1) is 5.69 Å².